The molecule has 0 atom stereocenters. The van der Waals surface area contributed by atoms with E-state index in [2.05, 4.69) is 29.1 Å². The van der Waals surface area contributed by atoms with Gasteiger partial charge in [-0.3, -0.25) is 4.90 Å². The Bertz CT molecular complexity index is 635. The summed E-state index contributed by atoms with van der Waals surface area (Å²) in [6, 6.07) is 5.89. The van der Waals surface area contributed by atoms with E-state index in [1.54, 1.807) is 0 Å². The molecule has 1 aromatic heterocycles. The first-order valence-electron chi connectivity index (χ1n) is 11.6. The quantitative estimate of drug-likeness (QED) is 0.284. The Morgan fingerprint density at radius 2 is 1.39 bits per heavy atom. The minimum atomic E-state index is 0.746. The smallest absolute Gasteiger partial charge is 0.115 e. The van der Waals surface area contributed by atoms with E-state index >= 15 is 0 Å². The minimum absolute atomic E-state index is 0.746. The molecule has 0 aliphatic rings. The summed E-state index contributed by atoms with van der Waals surface area (Å²) in [4.78, 5) is 2.56. The van der Waals surface area contributed by atoms with Gasteiger partial charge in [0.2, 0.25) is 0 Å². The standard InChI is InChI=1S/C23H41N5/c1-3-5-7-9-11-13-17-27(18-14-12-10-8-6-4-2)20-28-23-16-15-21(24)19-22(23)25-26-28/h15-16,19H,3-14,17-18,20,24H2,1-2H3. The molecule has 2 N–H and O–H groups in total. The number of nitrogen functional groups attached to an aromatic ring is 1. The van der Waals surface area contributed by atoms with Crippen molar-refractivity contribution < 1.29 is 0 Å². The first-order chi connectivity index (χ1) is 13.7. The molecule has 158 valence electrons. The van der Waals surface area contributed by atoms with Crippen LogP contribution in [0.3, 0.4) is 0 Å². The highest BCUT2D eigenvalue weighted by Crippen LogP contribution is 2.16. The normalized spacial score (nSPS) is 11.7. The fourth-order valence-electron chi connectivity index (χ4n) is 3.77. The molecule has 2 aromatic rings. The van der Waals surface area contributed by atoms with Crippen LogP contribution in [0.15, 0.2) is 18.2 Å². The van der Waals surface area contributed by atoms with Gasteiger partial charge in [-0.05, 0) is 44.1 Å². The van der Waals surface area contributed by atoms with Crippen molar-refractivity contribution in [1.82, 2.24) is 19.9 Å². The summed E-state index contributed by atoms with van der Waals surface area (Å²) < 4.78 is 2.03. The molecular formula is C23H41N5. The van der Waals surface area contributed by atoms with Crippen LogP contribution < -0.4 is 5.73 Å². The molecule has 0 amide bonds. The van der Waals surface area contributed by atoms with Gasteiger partial charge < -0.3 is 5.73 Å². The average Bonchev–Trinajstić information content (AvgIpc) is 3.08. The van der Waals surface area contributed by atoms with Crippen molar-refractivity contribution >= 4 is 16.7 Å². The molecule has 0 radical (unpaired) electrons. The highest BCUT2D eigenvalue weighted by atomic mass is 15.5. The molecule has 0 saturated carbocycles. The van der Waals surface area contributed by atoms with E-state index in [4.69, 9.17) is 5.73 Å². The molecule has 0 aliphatic heterocycles. The monoisotopic (exact) mass is 387 g/mol. The lowest BCUT2D eigenvalue weighted by atomic mass is 10.1. The molecule has 0 fully saturated rings. The number of rotatable bonds is 16. The van der Waals surface area contributed by atoms with Crippen LogP contribution in [0, 0.1) is 0 Å². The summed E-state index contributed by atoms with van der Waals surface area (Å²) in [6.07, 6.45) is 16.1. The van der Waals surface area contributed by atoms with Gasteiger partial charge in [-0.1, -0.05) is 83.3 Å². The topological polar surface area (TPSA) is 60.0 Å². The fourth-order valence-corrected chi connectivity index (χ4v) is 3.77. The largest absolute Gasteiger partial charge is 0.399 e. The zero-order valence-corrected chi connectivity index (χ0v) is 18.2. The number of nitrogens with two attached hydrogens (primary N) is 1. The lowest BCUT2D eigenvalue weighted by Crippen LogP contribution is -2.29. The van der Waals surface area contributed by atoms with Crippen molar-refractivity contribution in [2.45, 2.75) is 97.6 Å². The van der Waals surface area contributed by atoms with Crippen LogP contribution in [0.1, 0.15) is 90.9 Å². The first kappa shape index (κ1) is 22.7. The van der Waals surface area contributed by atoms with Gasteiger partial charge in [0.15, 0.2) is 0 Å². The van der Waals surface area contributed by atoms with Gasteiger partial charge >= 0.3 is 0 Å². The van der Waals surface area contributed by atoms with Crippen LogP contribution >= 0.6 is 0 Å². The van der Waals surface area contributed by atoms with Gasteiger partial charge in [0.1, 0.15) is 5.52 Å². The number of aromatic nitrogens is 3. The van der Waals surface area contributed by atoms with Crippen molar-refractivity contribution in [3.63, 3.8) is 0 Å². The van der Waals surface area contributed by atoms with Crippen LogP contribution in [0.5, 0.6) is 0 Å². The Hall–Kier alpha value is -1.62. The predicted octanol–water partition coefficient (Wildman–Crippen LogP) is 5.99. The zero-order valence-electron chi connectivity index (χ0n) is 18.2. The number of anilines is 1. The van der Waals surface area contributed by atoms with Gasteiger partial charge in [0.25, 0.3) is 0 Å². The Morgan fingerprint density at radius 1 is 0.821 bits per heavy atom. The highest BCUT2D eigenvalue weighted by Gasteiger charge is 2.10. The van der Waals surface area contributed by atoms with Gasteiger partial charge in [-0.15, -0.1) is 5.10 Å². The van der Waals surface area contributed by atoms with E-state index in [-0.39, 0.29) is 0 Å². The maximum atomic E-state index is 5.88. The highest BCUT2D eigenvalue weighted by molar-refractivity contribution is 5.77. The van der Waals surface area contributed by atoms with Crippen LogP contribution in [0.4, 0.5) is 5.69 Å². The molecule has 0 bridgehead atoms. The number of hydrogen-bond acceptors (Lipinski definition) is 4. The second-order valence-corrected chi connectivity index (χ2v) is 8.13. The third kappa shape index (κ3) is 8.17. The molecule has 0 aliphatic carbocycles. The second kappa shape index (κ2) is 13.5. The van der Waals surface area contributed by atoms with E-state index in [1.165, 1.54) is 77.0 Å². The zero-order chi connectivity index (χ0) is 20.0. The number of fused-ring (bicyclic) bond motifs is 1. The van der Waals surface area contributed by atoms with E-state index in [0.29, 0.717) is 0 Å². The van der Waals surface area contributed by atoms with Crippen LogP contribution in [-0.4, -0.2) is 33.0 Å². The van der Waals surface area contributed by atoms with E-state index in [0.717, 1.165) is 36.5 Å². The lowest BCUT2D eigenvalue weighted by molar-refractivity contribution is 0.199. The Morgan fingerprint density at radius 3 is 2.00 bits per heavy atom. The number of unbranched alkanes of at least 4 members (excludes halogenated alkanes) is 10. The predicted molar refractivity (Wildman–Crippen MR) is 120 cm³/mol. The van der Waals surface area contributed by atoms with E-state index < -0.39 is 0 Å². The third-order valence-electron chi connectivity index (χ3n) is 5.53. The maximum absolute atomic E-state index is 5.88. The van der Waals surface area contributed by atoms with Gasteiger partial charge in [0.05, 0.1) is 12.2 Å². The van der Waals surface area contributed by atoms with Crippen LogP contribution in [0.2, 0.25) is 0 Å². The minimum Gasteiger partial charge on any atom is -0.399 e. The fraction of sp³-hybridized carbons (Fsp3) is 0.739. The average molecular weight is 388 g/mol. The molecule has 28 heavy (non-hydrogen) atoms. The number of hydrogen-bond donors (Lipinski definition) is 1. The van der Waals surface area contributed by atoms with Crippen LogP contribution in [0.25, 0.3) is 11.0 Å². The summed E-state index contributed by atoms with van der Waals surface area (Å²) in [5.74, 6) is 0. The molecule has 0 spiro atoms. The van der Waals surface area contributed by atoms with E-state index in [1.807, 2.05) is 22.9 Å². The third-order valence-corrected chi connectivity index (χ3v) is 5.53. The molecular weight excluding hydrogens is 346 g/mol. The van der Waals surface area contributed by atoms with Gasteiger partial charge in [-0.25, -0.2) is 4.68 Å². The SMILES string of the molecule is CCCCCCCCN(CCCCCCCC)Cn1nnc2cc(N)ccc21. The Kier molecular flexibility index (Phi) is 11.0. The Balaban J connectivity index is 1.84. The number of nitrogens with zero attached hydrogens (tertiary/aromatic N) is 4. The first-order valence-corrected chi connectivity index (χ1v) is 11.6. The van der Waals surface area contributed by atoms with Crippen molar-refractivity contribution in [2.24, 2.45) is 0 Å². The molecule has 0 unspecified atom stereocenters. The van der Waals surface area contributed by atoms with E-state index in [9.17, 15) is 0 Å². The maximum Gasteiger partial charge on any atom is 0.115 e. The molecule has 5 nitrogen and oxygen atoms in total. The summed E-state index contributed by atoms with van der Waals surface area (Å²) in [5, 5.41) is 8.68. The summed E-state index contributed by atoms with van der Waals surface area (Å²) >= 11 is 0. The molecule has 1 aromatic carbocycles. The van der Waals surface area contributed by atoms with Crippen molar-refractivity contribution in [3.05, 3.63) is 18.2 Å². The van der Waals surface area contributed by atoms with Gasteiger partial charge in [-0.2, -0.15) is 0 Å². The van der Waals surface area contributed by atoms with Crippen molar-refractivity contribution in [3.8, 4) is 0 Å². The van der Waals surface area contributed by atoms with Gasteiger partial charge in [0, 0.05) is 5.69 Å². The molecule has 5 heteroatoms. The van der Waals surface area contributed by atoms with Crippen LogP contribution in [-0.2, 0) is 6.67 Å². The lowest BCUT2D eigenvalue weighted by Gasteiger charge is -2.22. The summed E-state index contributed by atoms with van der Waals surface area (Å²) in [7, 11) is 0. The summed E-state index contributed by atoms with van der Waals surface area (Å²) in [6.45, 7) is 7.68. The second-order valence-electron chi connectivity index (χ2n) is 8.13. The summed E-state index contributed by atoms with van der Waals surface area (Å²) in [5.41, 5.74) is 8.59. The molecule has 1 heterocycles. The van der Waals surface area contributed by atoms with Crippen molar-refractivity contribution in [2.75, 3.05) is 18.8 Å². The molecule has 0 saturated heterocycles. The van der Waals surface area contributed by atoms with Crippen molar-refractivity contribution in [1.29, 1.82) is 0 Å². The number of benzene rings is 1. The molecule has 2 rings (SSSR count). The Labute approximate surface area is 171 Å².